The Kier molecular flexibility index (Phi) is 4.84. The van der Waals surface area contributed by atoms with Gasteiger partial charge in [-0.3, -0.25) is 9.48 Å². The van der Waals surface area contributed by atoms with Crippen LogP contribution in [0.3, 0.4) is 0 Å². The lowest BCUT2D eigenvalue weighted by Crippen LogP contribution is -2.49. The number of benzene rings is 2. The molecule has 2 aliphatic heterocycles. The number of amides is 1. The summed E-state index contributed by atoms with van der Waals surface area (Å²) in [6.07, 6.45) is 7.48. The lowest BCUT2D eigenvalue weighted by Gasteiger charge is -2.45. The molecule has 0 spiro atoms. The van der Waals surface area contributed by atoms with Crippen LogP contribution < -0.4 is 0 Å². The molecule has 2 aliphatic rings. The number of aromatic nitrogens is 4. The van der Waals surface area contributed by atoms with Gasteiger partial charge < -0.3 is 4.90 Å². The molecule has 1 saturated heterocycles. The van der Waals surface area contributed by atoms with Crippen LogP contribution in [-0.4, -0.2) is 36.4 Å². The van der Waals surface area contributed by atoms with Crippen molar-refractivity contribution in [3.05, 3.63) is 88.8 Å². The van der Waals surface area contributed by atoms with Crippen molar-refractivity contribution >= 4 is 17.5 Å². The smallest absolute Gasteiger partial charge is 0.254 e. The molecule has 2 unspecified atom stereocenters. The van der Waals surface area contributed by atoms with E-state index in [0.717, 1.165) is 48.3 Å². The second-order valence-corrected chi connectivity index (χ2v) is 9.30. The Bertz CT molecular complexity index is 1340. The third-order valence-corrected chi connectivity index (χ3v) is 7.11. The molecule has 4 heterocycles. The van der Waals surface area contributed by atoms with Gasteiger partial charge >= 0.3 is 0 Å². The van der Waals surface area contributed by atoms with Crippen molar-refractivity contribution in [1.29, 1.82) is 0 Å². The summed E-state index contributed by atoms with van der Waals surface area (Å²) in [5.74, 6) is 0.0688. The van der Waals surface area contributed by atoms with Crippen LogP contribution in [0.25, 0.3) is 16.9 Å². The van der Waals surface area contributed by atoms with Crippen molar-refractivity contribution in [2.45, 2.75) is 37.8 Å². The van der Waals surface area contributed by atoms with Crippen LogP contribution in [0.1, 0.15) is 46.9 Å². The molecule has 7 heteroatoms. The zero-order chi connectivity index (χ0) is 22.5. The van der Waals surface area contributed by atoms with Crippen molar-refractivity contribution in [3.63, 3.8) is 0 Å². The normalized spacial score (nSPS) is 19.4. The van der Waals surface area contributed by atoms with Crippen LogP contribution in [0.2, 0.25) is 5.02 Å². The van der Waals surface area contributed by atoms with E-state index in [4.69, 9.17) is 16.7 Å². The number of halogens is 1. The number of hydrogen-bond acceptors (Lipinski definition) is 3. The summed E-state index contributed by atoms with van der Waals surface area (Å²) in [5.41, 5.74) is 6.04. The molecule has 6 nitrogen and oxygen atoms in total. The van der Waals surface area contributed by atoms with Gasteiger partial charge in [-0.2, -0.15) is 10.2 Å². The topological polar surface area (TPSA) is 56.0 Å². The molecule has 1 amide bonds. The third-order valence-electron chi connectivity index (χ3n) is 6.87. The molecule has 1 fully saturated rings. The molecule has 6 rings (SSSR count). The maximum atomic E-state index is 13.8. The van der Waals surface area contributed by atoms with E-state index < -0.39 is 0 Å². The Morgan fingerprint density at radius 3 is 2.79 bits per heavy atom. The van der Waals surface area contributed by atoms with E-state index in [2.05, 4.69) is 16.1 Å². The molecule has 0 N–H and O–H groups in total. The summed E-state index contributed by atoms with van der Waals surface area (Å²) < 4.78 is 3.74. The summed E-state index contributed by atoms with van der Waals surface area (Å²) in [6.45, 7) is 0. The Morgan fingerprint density at radius 2 is 1.97 bits per heavy atom. The van der Waals surface area contributed by atoms with E-state index in [-0.39, 0.29) is 18.0 Å². The number of fused-ring (bicyclic) bond motifs is 4. The van der Waals surface area contributed by atoms with E-state index in [1.165, 1.54) is 5.56 Å². The maximum absolute atomic E-state index is 13.8. The van der Waals surface area contributed by atoms with E-state index >= 15 is 0 Å². The zero-order valence-electron chi connectivity index (χ0n) is 18.4. The van der Waals surface area contributed by atoms with Gasteiger partial charge in [0.2, 0.25) is 0 Å². The number of hydrogen-bond donors (Lipinski definition) is 0. The molecule has 166 valence electrons. The molecule has 2 aromatic heterocycles. The zero-order valence-corrected chi connectivity index (χ0v) is 19.1. The quantitative estimate of drug-likeness (QED) is 0.424. The average molecular weight is 458 g/mol. The first-order valence-corrected chi connectivity index (χ1v) is 11.7. The highest BCUT2D eigenvalue weighted by molar-refractivity contribution is 6.30. The molecular weight excluding hydrogens is 434 g/mol. The van der Waals surface area contributed by atoms with Gasteiger partial charge in [-0.15, -0.1) is 0 Å². The third kappa shape index (κ3) is 3.37. The van der Waals surface area contributed by atoms with Crippen LogP contribution in [0.15, 0.2) is 67.0 Å². The van der Waals surface area contributed by atoms with Gasteiger partial charge in [0.15, 0.2) is 0 Å². The number of carbonyl (C=O) groups excluding carboxylic acids is 1. The van der Waals surface area contributed by atoms with Gasteiger partial charge in [0.1, 0.15) is 0 Å². The SMILES string of the molecule is Cn1nc2c(c1-c1cccc(Cl)c1)CC1CCCC2N1C(=O)c1cccc(-n2cccn2)c1. The van der Waals surface area contributed by atoms with Gasteiger partial charge in [0, 0.05) is 47.2 Å². The van der Waals surface area contributed by atoms with Crippen LogP contribution in [0.5, 0.6) is 0 Å². The summed E-state index contributed by atoms with van der Waals surface area (Å²) >= 11 is 6.29. The van der Waals surface area contributed by atoms with Gasteiger partial charge in [-0.05, 0) is 62.1 Å². The lowest BCUT2D eigenvalue weighted by molar-refractivity contribution is 0.0392. The molecule has 0 aliphatic carbocycles. The molecule has 0 saturated carbocycles. The second kappa shape index (κ2) is 7.89. The van der Waals surface area contributed by atoms with Crippen molar-refractivity contribution in [1.82, 2.24) is 24.5 Å². The highest BCUT2D eigenvalue weighted by Crippen LogP contribution is 2.45. The predicted octanol–water partition coefficient (Wildman–Crippen LogP) is 5.22. The van der Waals surface area contributed by atoms with Gasteiger partial charge in [0.05, 0.1) is 23.1 Å². The fourth-order valence-corrected chi connectivity index (χ4v) is 5.69. The predicted molar refractivity (Wildman–Crippen MR) is 127 cm³/mol. The van der Waals surface area contributed by atoms with Crippen LogP contribution in [0, 0.1) is 0 Å². The van der Waals surface area contributed by atoms with Crippen molar-refractivity contribution in [2.24, 2.45) is 7.05 Å². The van der Waals surface area contributed by atoms with Crippen molar-refractivity contribution < 1.29 is 4.79 Å². The fourth-order valence-electron chi connectivity index (χ4n) is 5.50. The first kappa shape index (κ1) is 20.2. The second-order valence-electron chi connectivity index (χ2n) is 8.86. The Labute approximate surface area is 197 Å². The summed E-state index contributed by atoms with van der Waals surface area (Å²) in [7, 11) is 1.98. The van der Waals surface area contributed by atoms with E-state index in [1.54, 1.807) is 10.9 Å². The Hall–Kier alpha value is -3.38. The maximum Gasteiger partial charge on any atom is 0.254 e. The number of carbonyl (C=O) groups is 1. The first-order chi connectivity index (χ1) is 16.1. The Balaban J connectivity index is 1.39. The van der Waals surface area contributed by atoms with Crippen LogP contribution in [-0.2, 0) is 13.5 Å². The molecule has 2 atom stereocenters. The summed E-state index contributed by atoms with van der Waals surface area (Å²) in [6, 6.07) is 17.7. The molecule has 0 radical (unpaired) electrons. The van der Waals surface area contributed by atoms with Gasteiger partial charge in [0.25, 0.3) is 5.91 Å². The minimum Gasteiger partial charge on any atom is -0.327 e. The molecule has 2 aromatic carbocycles. The van der Waals surface area contributed by atoms with Crippen molar-refractivity contribution in [3.8, 4) is 16.9 Å². The van der Waals surface area contributed by atoms with Crippen LogP contribution in [0.4, 0.5) is 0 Å². The largest absolute Gasteiger partial charge is 0.327 e. The summed E-state index contributed by atoms with van der Waals surface area (Å²) in [5, 5.41) is 9.95. The first-order valence-electron chi connectivity index (χ1n) is 11.3. The standard InChI is InChI=1S/C26H24ClN5O/c1-30-25(17-6-2-8-19(27)14-17)22-16-21-10-4-11-23(24(22)29-30)32(21)26(33)18-7-3-9-20(15-18)31-13-5-12-28-31/h2-3,5-9,12-15,21,23H,4,10-11,16H2,1H3. The van der Waals surface area contributed by atoms with Crippen LogP contribution >= 0.6 is 11.6 Å². The number of aryl methyl sites for hydroxylation is 1. The highest BCUT2D eigenvalue weighted by Gasteiger charge is 2.43. The Morgan fingerprint density at radius 1 is 1.09 bits per heavy atom. The minimum absolute atomic E-state index is 0.00695. The highest BCUT2D eigenvalue weighted by atomic mass is 35.5. The average Bonchev–Trinajstić information content (AvgIpc) is 3.46. The monoisotopic (exact) mass is 457 g/mol. The fraction of sp³-hybridized carbons (Fsp3) is 0.269. The van der Waals surface area contributed by atoms with Crippen molar-refractivity contribution in [2.75, 3.05) is 0 Å². The minimum atomic E-state index is -0.00695. The van der Waals surface area contributed by atoms with Gasteiger partial charge in [-0.25, -0.2) is 4.68 Å². The molecule has 33 heavy (non-hydrogen) atoms. The molecular formula is C26H24ClN5O. The number of piperidine rings is 1. The molecule has 4 aromatic rings. The van der Waals surface area contributed by atoms with E-state index in [1.807, 2.05) is 66.5 Å². The lowest BCUT2D eigenvalue weighted by atomic mass is 9.81. The van der Waals surface area contributed by atoms with Gasteiger partial charge in [-0.1, -0.05) is 29.8 Å². The molecule has 2 bridgehead atoms. The number of rotatable bonds is 3. The van der Waals surface area contributed by atoms with E-state index in [0.29, 0.717) is 10.6 Å². The summed E-state index contributed by atoms with van der Waals surface area (Å²) in [4.78, 5) is 15.9. The van der Waals surface area contributed by atoms with E-state index in [9.17, 15) is 4.79 Å². The number of nitrogens with zero attached hydrogens (tertiary/aromatic N) is 5.